The van der Waals surface area contributed by atoms with Crippen molar-refractivity contribution in [2.45, 2.75) is 0 Å². The van der Waals surface area contributed by atoms with Gasteiger partial charge in [0.05, 0.1) is 0 Å². The van der Waals surface area contributed by atoms with Crippen LogP contribution in [0.2, 0.25) is 0 Å². The molecule has 3 rings (SSSR count). The fourth-order valence-electron chi connectivity index (χ4n) is 2.16. The molecule has 0 spiro atoms. The van der Waals surface area contributed by atoms with Gasteiger partial charge in [0.2, 0.25) is 17.4 Å². The lowest BCUT2D eigenvalue weighted by Gasteiger charge is -2.13. The normalized spacial score (nSPS) is 10.6. The second-order valence-corrected chi connectivity index (χ2v) is 4.76. The molecule has 0 bridgehead atoms. The monoisotopic (exact) mass is 318 g/mol. The largest absolute Gasteiger partial charge is 0.450 e. The fraction of sp³-hybridized carbons (Fsp3) is 0. The Bertz CT molecular complexity index is 821. The summed E-state index contributed by atoms with van der Waals surface area (Å²) in [5.41, 5.74) is 1.28. The second-order valence-electron chi connectivity index (χ2n) is 4.76. The van der Waals surface area contributed by atoms with Crippen LogP contribution in [0.1, 0.15) is 0 Å². The summed E-state index contributed by atoms with van der Waals surface area (Å²) >= 11 is 0. The molecule has 0 aliphatic rings. The molecule has 0 unspecified atom stereocenters. The van der Waals surface area contributed by atoms with E-state index in [-0.39, 0.29) is 11.8 Å². The van der Waals surface area contributed by atoms with Crippen LogP contribution in [-0.4, -0.2) is 0 Å². The Kier molecular flexibility index (Phi) is 4.02. The average molecular weight is 318 g/mol. The highest BCUT2D eigenvalue weighted by atomic mass is 19.2. The fourth-order valence-corrected chi connectivity index (χ4v) is 2.16. The zero-order valence-corrected chi connectivity index (χ0v) is 11.7. The van der Waals surface area contributed by atoms with Gasteiger partial charge in [0, 0.05) is 11.6 Å². The molecule has 0 N–H and O–H groups in total. The second kappa shape index (κ2) is 6.12. The highest BCUT2D eigenvalue weighted by molar-refractivity contribution is 5.70. The molecule has 1 nitrogen and oxygen atoms in total. The molecule has 0 aliphatic carbocycles. The SMILES string of the molecule is Fc1cc(F)c(F)c(Oc2ccccc2-c2ccccc2)c1F. The van der Waals surface area contributed by atoms with Gasteiger partial charge in [-0.05, 0) is 11.6 Å². The minimum Gasteiger partial charge on any atom is -0.450 e. The third kappa shape index (κ3) is 2.90. The van der Waals surface area contributed by atoms with Gasteiger partial charge in [-0.3, -0.25) is 0 Å². The molecule has 116 valence electrons. The smallest absolute Gasteiger partial charge is 0.204 e. The van der Waals surface area contributed by atoms with E-state index in [0.29, 0.717) is 5.56 Å². The lowest BCUT2D eigenvalue weighted by Crippen LogP contribution is -2.00. The van der Waals surface area contributed by atoms with E-state index in [1.165, 1.54) is 6.07 Å². The Balaban J connectivity index is 2.09. The van der Waals surface area contributed by atoms with E-state index in [1.807, 2.05) is 6.07 Å². The minimum atomic E-state index is -1.58. The van der Waals surface area contributed by atoms with Gasteiger partial charge in [0.25, 0.3) is 0 Å². The highest BCUT2D eigenvalue weighted by Crippen LogP contribution is 2.36. The summed E-state index contributed by atoms with van der Waals surface area (Å²) in [5, 5.41) is 0. The Hall–Kier alpha value is -2.82. The van der Waals surface area contributed by atoms with E-state index in [9.17, 15) is 17.6 Å². The van der Waals surface area contributed by atoms with Crippen molar-refractivity contribution in [1.82, 2.24) is 0 Å². The molecule has 23 heavy (non-hydrogen) atoms. The summed E-state index contributed by atoms with van der Waals surface area (Å²) in [5.74, 6) is -7.21. The first-order chi connectivity index (χ1) is 11.1. The van der Waals surface area contributed by atoms with Crippen LogP contribution in [0.5, 0.6) is 11.5 Å². The summed E-state index contributed by atoms with van der Waals surface area (Å²) in [7, 11) is 0. The molecule has 0 saturated carbocycles. The summed E-state index contributed by atoms with van der Waals surface area (Å²) in [6.07, 6.45) is 0. The molecule has 0 aromatic heterocycles. The number of hydrogen-bond acceptors (Lipinski definition) is 1. The van der Waals surface area contributed by atoms with Crippen molar-refractivity contribution in [3.8, 4) is 22.6 Å². The van der Waals surface area contributed by atoms with Gasteiger partial charge in [0.1, 0.15) is 5.75 Å². The van der Waals surface area contributed by atoms with Gasteiger partial charge in [-0.1, -0.05) is 48.5 Å². The van der Waals surface area contributed by atoms with Gasteiger partial charge in [-0.2, -0.15) is 8.78 Å². The first-order valence-corrected chi connectivity index (χ1v) is 6.73. The molecule has 5 heteroatoms. The number of ether oxygens (including phenoxy) is 1. The molecular weight excluding hydrogens is 308 g/mol. The van der Waals surface area contributed by atoms with Crippen LogP contribution in [0.3, 0.4) is 0 Å². The number of halogens is 4. The molecular formula is C18H10F4O. The number of rotatable bonds is 3. The lowest BCUT2D eigenvalue weighted by atomic mass is 10.0. The summed E-state index contributed by atoms with van der Waals surface area (Å²) in [4.78, 5) is 0. The first-order valence-electron chi connectivity index (χ1n) is 6.73. The lowest BCUT2D eigenvalue weighted by molar-refractivity contribution is 0.366. The Labute approximate surface area is 129 Å². The zero-order valence-electron chi connectivity index (χ0n) is 11.7. The molecule has 0 heterocycles. The van der Waals surface area contributed by atoms with Crippen molar-refractivity contribution in [2.75, 3.05) is 0 Å². The van der Waals surface area contributed by atoms with Crippen LogP contribution < -0.4 is 4.74 Å². The average Bonchev–Trinajstić information content (AvgIpc) is 2.58. The molecule has 3 aromatic rings. The van der Waals surface area contributed by atoms with Crippen molar-refractivity contribution < 1.29 is 22.3 Å². The first kappa shape index (κ1) is 15.1. The summed E-state index contributed by atoms with van der Waals surface area (Å²) in [6.45, 7) is 0. The minimum absolute atomic E-state index is 0.0847. The van der Waals surface area contributed by atoms with Gasteiger partial charge < -0.3 is 4.74 Å². The van der Waals surface area contributed by atoms with Gasteiger partial charge in [-0.25, -0.2) is 8.78 Å². The molecule has 0 amide bonds. The van der Waals surface area contributed by atoms with E-state index in [1.54, 1.807) is 42.5 Å². The zero-order chi connectivity index (χ0) is 16.4. The van der Waals surface area contributed by atoms with Crippen molar-refractivity contribution in [3.05, 3.63) is 83.9 Å². The van der Waals surface area contributed by atoms with E-state index in [2.05, 4.69) is 0 Å². The van der Waals surface area contributed by atoms with Crippen LogP contribution >= 0.6 is 0 Å². The van der Waals surface area contributed by atoms with Gasteiger partial charge in [-0.15, -0.1) is 0 Å². The van der Waals surface area contributed by atoms with E-state index in [0.717, 1.165) is 5.56 Å². The van der Waals surface area contributed by atoms with Crippen LogP contribution in [-0.2, 0) is 0 Å². The predicted octanol–water partition coefficient (Wildman–Crippen LogP) is 5.70. The molecule has 0 aliphatic heterocycles. The van der Waals surface area contributed by atoms with Gasteiger partial charge in [0.15, 0.2) is 11.6 Å². The molecule has 3 aromatic carbocycles. The van der Waals surface area contributed by atoms with E-state index >= 15 is 0 Å². The Morgan fingerprint density at radius 2 is 1.22 bits per heavy atom. The van der Waals surface area contributed by atoms with Crippen molar-refractivity contribution in [1.29, 1.82) is 0 Å². The predicted molar refractivity (Wildman–Crippen MR) is 78.2 cm³/mol. The van der Waals surface area contributed by atoms with Crippen LogP contribution in [0, 0.1) is 23.3 Å². The molecule has 0 radical (unpaired) electrons. The Morgan fingerprint density at radius 1 is 0.652 bits per heavy atom. The number of para-hydroxylation sites is 1. The topological polar surface area (TPSA) is 9.23 Å². The maximum atomic E-state index is 13.8. The van der Waals surface area contributed by atoms with Crippen LogP contribution in [0.15, 0.2) is 60.7 Å². The summed E-state index contributed by atoms with van der Waals surface area (Å²) < 4.78 is 59.2. The number of benzene rings is 3. The van der Waals surface area contributed by atoms with E-state index < -0.39 is 29.0 Å². The summed E-state index contributed by atoms with van der Waals surface area (Å²) in [6, 6.07) is 15.5. The maximum Gasteiger partial charge on any atom is 0.204 e. The Morgan fingerprint density at radius 3 is 1.87 bits per heavy atom. The standard InChI is InChI=1S/C18H10F4O/c19-13-10-14(20)17(22)18(16(13)21)23-15-9-5-4-8-12(15)11-6-2-1-3-7-11/h1-10H. The molecule has 0 atom stereocenters. The van der Waals surface area contributed by atoms with Crippen molar-refractivity contribution >= 4 is 0 Å². The quantitative estimate of drug-likeness (QED) is 0.444. The van der Waals surface area contributed by atoms with Crippen molar-refractivity contribution in [3.63, 3.8) is 0 Å². The highest BCUT2D eigenvalue weighted by Gasteiger charge is 2.22. The molecule has 0 fully saturated rings. The van der Waals surface area contributed by atoms with Crippen molar-refractivity contribution in [2.24, 2.45) is 0 Å². The third-order valence-electron chi connectivity index (χ3n) is 3.26. The van der Waals surface area contributed by atoms with Gasteiger partial charge >= 0.3 is 0 Å². The number of hydrogen-bond donors (Lipinski definition) is 0. The van der Waals surface area contributed by atoms with Crippen LogP contribution in [0.4, 0.5) is 17.6 Å². The maximum absolute atomic E-state index is 13.8. The van der Waals surface area contributed by atoms with Crippen LogP contribution in [0.25, 0.3) is 11.1 Å². The third-order valence-corrected chi connectivity index (χ3v) is 3.26. The van der Waals surface area contributed by atoms with E-state index in [4.69, 9.17) is 4.74 Å². The molecule has 0 saturated heterocycles.